The molecule has 180 valence electrons. The Kier molecular flexibility index (Phi) is 6.18. The van der Waals surface area contributed by atoms with Crippen molar-refractivity contribution in [1.82, 2.24) is 9.55 Å². The average Bonchev–Trinajstić information content (AvgIpc) is 3.07. The maximum Gasteiger partial charge on any atom is 0.416 e. The van der Waals surface area contributed by atoms with E-state index in [1.54, 1.807) is 0 Å². The Morgan fingerprint density at radius 1 is 1.18 bits per heavy atom. The molecule has 0 radical (unpaired) electrons. The number of nitrogens with one attached hydrogen (secondary N) is 1. The molecule has 0 aliphatic heterocycles. The molecular weight excluding hydrogens is 443 g/mol. The highest BCUT2D eigenvalue weighted by molar-refractivity contribution is 5.87. The highest BCUT2D eigenvalue weighted by atomic mass is 19.4. The SMILES string of the molecule is CC1CC(n2c(Nc3ccc(C(F)(F)F)cc3)nc3cc(/C=C/C(=O)O)ccc32)CC(C)(C)C1. The number of rotatable bonds is 5. The summed E-state index contributed by atoms with van der Waals surface area (Å²) < 4.78 is 41.1. The van der Waals surface area contributed by atoms with Crippen molar-refractivity contribution >= 4 is 34.7 Å². The van der Waals surface area contributed by atoms with E-state index >= 15 is 0 Å². The van der Waals surface area contributed by atoms with Crippen LogP contribution in [0.4, 0.5) is 24.8 Å². The van der Waals surface area contributed by atoms with E-state index in [-0.39, 0.29) is 11.5 Å². The zero-order valence-electron chi connectivity index (χ0n) is 19.4. The smallest absolute Gasteiger partial charge is 0.416 e. The lowest BCUT2D eigenvalue weighted by Crippen LogP contribution is -2.29. The van der Waals surface area contributed by atoms with Crippen LogP contribution in [0.3, 0.4) is 0 Å². The number of fused-ring (bicyclic) bond motifs is 1. The van der Waals surface area contributed by atoms with E-state index in [9.17, 15) is 18.0 Å². The van der Waals surface area contributed by atoms with E-state index < -0.39 is 17.7 Å². The molecule has 0 saturated heterocycles. The minimum atomic E-state index is -4.39. The van der Waals surface area contributed by atoms with Crippen LogP contribution in [-0.4, -0.2) is 20.6 Å². The molecule has 8 heteroatoms. The van der Waals surface area contributed by atoms with Gasteiger partial charge in [-0.1, -0.05) is 26.8 Å². The monoisotopic (exact) mass is 471 g/mol. The minimum absolute atomic E-state index is 0.148. The molecule has 2 aromatic carbocycles. The van der Waals surface area contributed by atoms with Gasteiger partial charge in [0.15, 0.2) is 0 Å². The molecule has 2 atom stereocenters. The lowest BCUT2D eigenvalue weighted by Gasteiger charge is -2.40. The van der Waals surface area contributed by atoms with Crippen LogP contribution in [-0.2, 0) is 11.0 Å². The van der Waals surface area contributed by atoms with Gasteiger partial charge in [0.25, 0.3) is 0 Å². The summed E-state index contributed by atoms with van der Waals surface area (Å²) in [7, 11) is 0. The van der Waals surface area contributed by atoms with Gasteiger partial charge in [-0.15, -0.1) is 0 Å². The van der Waals surface area contributed by atoms with Gasteiger partial charge in [0.2, 0.25) is 5.95 Å². The molecule has 1 aromatic heterocycles. The van der Waals surface area contributed by atoms with Gasteiger partial charge in [0, 0.05) is 17.8 Å². The number of aromatic nitrogens is 2. The van der Waals surface area contributed by atoms with Gasteiger partial charge >= 0.3 is 12.1 Å². The van der Waals surface area contributed by atoms with Crippen LogP contribution in [0.2, 0.25) is 0 Å². The number of carboxylic acid groups (broad SMARTS) is 1. The van der Waals surface area contributed by atoms with Crippen LogP contribution in [0.15, 0.2) is 48.5 Å². The standard InChI is InChI=1S/C26H28F3N3O2/c1-16-12-20(15-25(2,3)14-16)32-22-10-4-17(5-11-23(33)34)13-21(22)31-24(32)30-19-8-6-18(7-9-19)26(27,28)29/h4-11,13,16,20H,12,14-15H2,1-3H3,(H,30,31)(H,33,34)/b11-5+. The summed E-state index contributed by atoms with van der Waals surface area (Å²) in [5.74, 6) is 0.0422. The third-order valence-corrected chi connectivity index (χ3v) is 6.33. The van der Waals surface area contributed by atoms with Crippen LogP contribution in [0.25, 0.3) is 17.1 Å². The van der Waals surface area contributed by atoms with Gasteiger partial charge < -0.3 is 15.0 Å². The van der Waals surface area contributed by atoms with E-state index in [1.807, 2.05) is 18.2 Å². The number of hydrogen-bond acceptors (Lipinski definition) is 3. The van der Waals surface area contributed by atoms with Gasteiger partial charge in [0.1, 0.15) is 0 Å². The molecule has 1 fully saturated rings. The van der Waals surface area contributed by atoms with E-state index in [0.717, 1.165) is 43.0 Å². The number of halogens is 3. The van der Waals surface area contributed by atoms with Crippen molar-refractivity contribution in [2.75, 3.05) is 5.32 Å². The molecule has 2 unspecified atom stereocenters. The number of imidazole rings is 1. The Bertz CT molecular complexity index is 1230. The molecular formula is C26H28F3N3O2. The Balaban J connectivity index is 1.77. The molecule has 1 aliphatic carbocycles. The van der Waals surface area contributed by atoms with Crippen molar-refractivity contribution in [3.63, 3.8) is 0 Å². The Labute approximate surface area is 196 Å². The van der Waals surface area contributed by atoms with Crippen molar-refractivity contribution < 1.29 is 23.1 Å². The van der Waals surface area contributed by atoms with E-state index in [0.29, 0.717) is 28.6 Å². The highest BCUT2D eigenvalue weighted by Gasteiger charge is 2.35. The van der Waals surface area contributed by atoms with Gasteiger partial charge in [-0.05, 0) is 78.6 Å². The van der Waals surface area contributed by atoms with Crippen LogP contribution >= 0.6 is 0 Å². The second-order valence-electron chi connectivity index (χ2n) is 9.99. The molecule has 5 nitrogen and oxygen atoms in total. The summed E-state index contributed by atoms with van der Waals surface area (Å²) >= 11 is 0. The molecule has 0 bridgehead atoms. The number of carbonyl (C=O) groups is 1. The van der Waals surface area contributed by atoms with E-state index in [1.165, 1.54) is 18.2 Å². The number of nitrogens with zero attached hydrogens (tertiary/aromatic N) is 2. The number of aliphatic carboxylic acids is 1. The zero-order valence-corrected chi connectivity index (χ0v) is 19.4. The number of anilines is 2. The fourth-order valence-corrected chi connectivity index (χ4v) is 5.21. The molecule has 4 rings (SSSR count). The second-order valence-corrected chi connectivity index (χ2v) is 9.99. The number of benzene rings is 2. The maximum absolute atomic E-state index is 13.0. The van der Waals surface area contributed by atoms with Gasteiger partial charge in [-0.3, -0.25) is 0 Å². The molecule has 0 spiro atoms. The van der Waals surface area contributed by atoms with Gasteiger partial charge in [-0.25, -0.2) is 9.78 Å². The molecule has 3 aromatic rings. The first kappa shape index (κ1) is 23.9. The third-order valence-electron chi connectivity index (χ3n) is 6.33. The first-order chi connectivity index (χ1) is 15.9. The van der Waals surface area contributed by atoms with E-state index in [2.05, 4.69) is 30.7 Å². The maximum atomic E-state index is 13.0. The molecule has 1 saturated carbocycles. The van der Waals surface area contributed by atoms with Crippen molar-refractivity contribution in [2.24, 2.45) is 11.3 Å². The number of carboxylic acids is 1. The van der Waals surface area contributed by atoms with Crippen LogP contribution in [0.1, 0.15) is 57.2 Å². The van der Waals surface area contributed by atoms with Gasteiger partial charge in [0.05, 0.1) is 16.6 Å². The Morgan fingerprint density at radius 3 is 2.50 bits per heavy atom. The second kappa shape index (κ2) is 8.81. The molecule has 34 heavy (non-hydrogen) atoms. The van der Waals surface area contributed by atoms with Crippen molar-refractivity contribution in [3.8, 4) is 0 Å². The average molecular weight is 472 g/mol. The Morgan fingerprint density at radius 2 is 1.88 bits per heavy atom. The summed E-state index contributed by atoms with van der Waals surface area (Å²) in [4.78, 5) is 15.7. The van der Waals surface area contributed by atoms with Gasteiger partial charge in [-0.2, -0.15) is 13.2 Å². The fourth-order valence-electron chi connectivity index (χ4n) is 5.21. The lowest BCUT2D eigenvalue weighted by atomic mass is 9.70. The predicted molar refractivity (Wildman–Crippen MR) is 127 cm³/mol. The highest BCUT2D eigenvalue weighted by Crippen LogP contribution is 2.46. The summed E-state index contributed by atoms with van der Waals surface area (Å²) in [6.07, 6.45) is 1.24. The zero-order chi connectivity index (χ0) is 24.7. The molecule has 2 N–H and O–H groups in total. The number of alkyl halides is 3. The number of hydrogen-bond donors (Lipinski definition) is 2. The van der Waals surface area contributed by atoms with Crippen LogP contribution < -0.4 is 5.32 Å². The van der Waals surface area contributed by atoms with Crippen molar-refractivity contribution in [3.05, 3.63) is 59.7 Å². The largest absolute Gasteiger partial charge is 0.478 e. The van der Waals surface area contributed by atoms with Crippen LogP contribution in [0, 0.1) is 11.3 Å². The summed E-state index contributed by atoms with van der Waals surface area (Å²) in [6.45, 7) is 6.75. The predicted octanol–water partition coefficient (Wildman–Crippen LogP) is 7.28. The van der Waals surface area contributed by atoms with Crippen molar-refractivity contribution in [2.45, 2.75) is 52.3 Å². The molecule has 0 amide bonds. The third kappa shape index (κ3) is 5.26. The Hall–Kier alpha value is -3.29. The van der Waals surface area contributed by atoms with Crippen LogP contribution in [0.5, 0.6) is 0 Å². The molecule has 1 heterocycles. The minimum Gasteiger partial charge on any atom is -0.478 e. The topological polar surface area (TPSA) is 67.2 Å². The lowest BCUT2D eigenvalue weighted by molar-refractivity contribution is -0.137. The summed E-state index contributed by atoms with van der Waals surface area (Å²) in [6, 6.07) is 10.7. The van der Waals surface area contributed by atoms with E-state index in [4.69, 9.17) is 10.1 Å². The quantitative estimate of drug-likeness (QED) is 0.384. The summed E-state index contributed by atoms with van der Waals surface area (Å²) in [5.41, 5.74) is 2.25. The first-order valence-corrected chi connectivity index (χ1v) is 11.3. The summed E-state index contributed by atoms with van der Waals surface area (Å²) in [5, 5.41) is 12.1. The fraction of sp³-hybridized carbons (Fsp3) is 0.385. The molecule has 1 aliphatic rings. The first-order valence-electron chi connectivity index (χ1n) is 11.3. The van der Waals surface area contributed by atoms with Crippen molar-refractivity contribution in [1.29, 1.82) is 0 Å². The normalized spacial score (nSPS) is 20.6.